The molecule has 0 N–H and O–H groups in total. The lowest BCUT2D eigenvalue weighted by molar-refractivity contribution is -0.490. The molecule has 1 aliphatic rings. The van der Waals surface area contributed by atoms with Crippen molar-refractivity contribution in [1.82, 2.24) is 0 Å². The van der Waals surface area contributed by atoms with E-state index in [4.69, 9.17) is 0 Å². The molecule has 3 heteroatoms. The molecule has 0 aromatic carbocycles. The first-order valence-electron chi connectivity index (χ1n) is 2.91. The van der Waals surface area contributed by atoms with Crippen LogP contribution in [0.15, 0.2) is 0 Å². The van der Waals surface area contributed by atoms with Crippen LogP contribution < -0.4 is 0 Å². The zero-order chi connectivity index (χ0) is 5.98. The quantitative estimate of drug-likeness (QED) is 0.399. The summed E-state index contributed by atoms with van der Waals surface area (Å²) in [6.07, 6.45) is 3.33. The van der Waals surface area contributed by atoms with Crippen molar-refractivity contribution in [3.8, 4) is 0 Å². The summed E-state index contributed by atoms with van der Waals surface area (Å²) in [5.41, 5.74) is 0. The molecule has 1 rings (SSSR count). The number of nitro groups is 1. The smallest absolute Gasteiger partial charge is 0.206 e. The van der Waals surface area contributed by atoms with Gasteiger partial charge in [-0.3, -0.25) is 10.1 Å². The Morgan fingerprint density at radius 2 is 2.25 bits per heavy atom. The largest absolute Gasteiger partial charge is 0.265 e. The highest BCUT2D eigenvalue weighted by Gasteiger charge is 2.21. The summed E-state index contributed by atoms with van der Waals surface area (Å²) >= 11 is 0. The van der Waals surface area contributed by atoms with Crippen LogP contribution in [0.5, 0.6) is 0 Å². The SMILES string of the molecule is O=[N+]([O-])CC1CCC1. The Hall–Kier alpha value is -0.600. The lowest BCUT2D eigenvalue weighted by Crippen LogP contribution is -2.20. The van der Waals surface area contributed by atoms with Gasteiger partial charge in [0.25, 0.3) is 0 Å². The van der Waals surface area contributed by atoms with Gasteiger partial charge < -0.3 is 0 Å². The second kappa shape index (κ2) is 2.11. The van der Waals surface area contributed by atoms with E-state index in [2.05, 4.69) is 0 Å². The Balaban J connectivity index is 2.09. The highest BCUT2D eigenvalue weighted by Crippen LogP contribution is 2.25. The molecule has 1 aliphatic carbocycles. The zero-order valence-electron chi connectivity index (χ0n) is 4.67. The maximum atomic E-state index is 9.81. The average Bonchev–Trinajstić information content (AvgIpc) is 1.55. The molecule has 0 aliphatic heterocycles. The number of nitrogens with zero attached hydrogens (tertiary/aromatic N) is 1. The van der Waals surface area contributed by atoms with Gasteiger partial charge in [0.1, 0.15) is 0 Å². The van der Waals surface area contributed by atoms with Crippen LogP contribution in [-0.4, -0.2) is 11.5 Å². The van der Waals surface area contributed by atoms with Crippen molar-refractivity contribution in [3.05, 3.63) is 10.1 Å². The summed E-state index contributed by atoms with van der Waals surface area (Å²) < 4.78 is 0. The minimum absolute atomic E-state index is 0.194. The van der Waals surface area contributed by atoms with Gasteiger partial charge in [0.15, 0.2) is 0 Å². The lowest BCUT2D eigenvalue weighted by Gasteiger charge is -2.20. The van der Waals surface area contributed by atoms with Crippen LogP contribution in [-0.2, 0) is 0 Å². The number of rotatable bonds is 2. The van der Waals surface area contributed by atoms with Gasteiger partial charge in [0.05, 0.1) is 0 Å². The fourth-order valence-corrected chi connectivity index (χ4v) is 0.886. The van der Waals surface area contributed by atoms with Crippen LogP contribution >= 0.6 is 0 Å². The van der Waals surface area contributed by atoms with Crippen LogP contribution in [0.3, 0.4) is 0 Å². The Morgan fingerprint density at radius 3 is 2.38 bits per heavy atom. The molecule has 46 valence electrons. The van der Waals surface area contributed by atoms with E-state index < -0.39 is 0 Å². The van der Waals surface area contributed by atoms with Gasteiger partial charge in [-0.05, 0) is 12.8 Å². The maximum Gasteiger partial charge on any atom is 0.206 e. The maximum absolute atomic E-state index is 9.81. The average molecular weight is 115 g/mol. The van der Waals surface area contributed by atoms with E-state index >= 15 is 0 Å². The highest BCUT2D eigenvalue weighted by atomic mass is 16.6. The van der Waals surface area contributed by atoms with Gasteiger partial charge in [-0.25, -0.2) is 0 Å². The van der Waals surface area contributed by atoms with Crippen molar-refractivity contribution < 1.29 is 4.92 Å². The number of hydrogen-bond donors (Lipinski definition) is 0. The molecule has 8 heavy (non-hydrogen) atoms. The third-order valence-electron chi connectivity index (χ3n) is 1.63. The van der Waals surface area contributed by atoms with Crippen molar-refractivity contribution >= 4 is 0 Å². The van der Waals surface area contributed by atoms with E-state index in [0.717, 1.165) is 12.8 Å². The first kappa shape index (κ1) is 5.54. The summed E-state index contributed by atoms with van der Waals surface area (Å²) in [6.45, 7) is 0.194. The van der Waals surface area contributed by atoms with Crippen LogP contribution in [0.1, 0.15) is 19.3 Å². The van der Waals surface area contributed by atoms with Gasteiger partial charge in [0, 0.05) is 10.8 Å². The molecule has 0 heterocycles. The summed E-state index contributed by atoms with van der Waals surface area (Å²) in [6, 6.07) is 0. The summed E-state index contributed by atoms with van der Waals surface area (Å²) in [5, 5.41) is 9.81. The van der Waals surface area contributed by atoms with Crippen molar-refractivity contribution in [2.24, 2.45) is 5.92 Å². The Morgan fingerprint density at radius 1 is 1.62 bits per heavy atom. The second-order valence-electron chi connectivity index (χ2n) is 2.31. The van der Waals surface area contributed by atoms with E-state index in [1.165, 1.54) is 6.42 Å². The van der Waals surface area contributed by atoms with E-state index in [9.17, 15) is 10.1 Å². The molecule has 3 nitrogen and oxygen atoms in total. The molecule has 0 atom stereocenters. The van der Waals surface area contributed by atoms with Crippen molar-refractivity contribution in [2.75, 3.05) is 6.54 Å². The topological polar surface area (TPSA) is 43.1 Å². The van der Waals surface area contributed by atoms with Crippen molar-refractivity contribution in [3.63, 3.8) is 0 Å². The molecule has 1 fully saturated rings. The lowest BCUT2D eigenvalue weighted by atomic mass is 9.86. The number of hydrogen-bond acceptors (Lipinski definition) is 2. The van der Waals surface area contributed by atoms with E-state index in [1.54, 1.807) is 0 Å². The van der Waals surface area contributed by atoms with Gasteiger partial charge >= 0.3 is 0 Å². The Labute approximate surface area is 47.8 Å². The zero-order valence-corrected chi connectivity index (χ0v) is 4.67. The first-order valence-corrected chi connectivity index (χ1v) is 2.91. The fraction of sp³-hybridized carbons (Fsp3) is 1.00. The predicted molar refractivity (Wildman–Crippen MR) is 29.2 cm³/mol. The molecular formula is C5H9NO2. The third kappa shape index (κ3) is 1.18. The highest BCUT2D eigenvalue weighted by molar-refractivity contribution is 4.67. The van der Waals surface area contributed by atoms with Gasteiger partial charge in [-0.1, -0.05) is 6.42 Å². The fourth-order valence-electron chi connectivity index (χ4n) is 0.886. The molecule has 0 spiro atoms. The van der Waals surface area contributed by atoms with Gasteiger partial charge in [-0.15, -0.1) is 0 Å². The van der Waals surface area contributed by atoms with Gasteiger partial charge in [0.2, 0.25) is 6.54 Å². The van der Waals surface area contributed by atoms with Crippen LogP contribution in [0, 0.1) is 16.0 Å². The summed E-state index contributed by atoms with van der Waals surface area (Å²) in [4.78, 5) is 9.59. The van der Waals surface area contributed by atoms with E-state index in [0.29, 0.717) is 5.92 Å². The third-order valence-corrected chi connectivity index (χ3v) is 1.63. The van der Waals surface area contributed by atoms with Crippen LogP contribution in [0.4, 0.5) is 0 Å². The molecule has 0 unspecified atom stereocenters. The molecule has 0 bridgehead atoms. The molecular weight excluding hydrogens is 106 g/mol. The molecule has 0 aromatic rings. The van der Waals surface area contributed by atoms with E-state index in [1.807, 2.05) is 0 Å². The molecule has 0 amide bonds. The minimum atomic E-state index is -0.218. The van der Waals surface area contributed by atoms with E-state index in [-0.39, 0.29) is 11.5 Å². The molecule has 1 saturated carbocycles. The Kier molecular flexibility index (Phi) is 1.46. The molecule has 0 radical (unpaired) electrons. The summed E-state index contributed by atoms with van der Waals surface area (Å²) in [7, 11) is 0. The van der Waals surface area contributed by atoms with Gasteiger partial charge in [-0.2, -0.15) is 0 Å². The van der Waals surface area contributed by atoms with Crippen molar-refractivity contribution in [1.29, 1.82) is 0 Å². The second-order valence-corrected chi connectivity index (χ2v) is 2.31. The summed E-state index contributed by atoms with van der Waals surface area (Å²) in [5.74, 6) is 0.407. The van der Waals surface area contributed by atoms with Crippen molar-refractivity contribution in [2.45, 2.75) is 19.3 Å². The van der Waals surface area contributed by atoms with Crippen LogP contribution in [0.2, 0.25) is 0 Å². The molecule has 0 aromatic heterocycles. The first-order chi connectivity index (χ1) is 3.79. The van der Waals surface area contributed by atoms with Crippen LogP contribution in [0.25, 0.3) is 0 Å². The molecule has 0 saturated heterocycles. The predicted octanol–water partition coefficient (Wildman–Crippen LogP) is 1.06. The standard InChI is InChI=1S/C5H9NO2/c7-6(8)4-5-2-1-3-5/h5H,1-4H2. The normalized spacial score (nSPS) is 20.0. The minimum Gasteiger partial charge on any atom is -0.265 e. The Bertz CT molecular complexity index is 98.6. The monoisotopic (exact) mass is 115 g/mol.